The average molecular weight is 530 g/mol. The first-order valence-electron chi connectivity index (χ1n) is 12.8. The summed E-state index contributed by atoms with van der Waals surface area (Å²) < 4.78 is 11.2. The van der Waals surface area contributed by atoms with Crippen LogP contribution in [-0.2, 0) is 11.8 Å². The minimum Gasteiger partial charge on any atom is -0.422 e. The minimum absolute atomic E-state index is 0.0276. The summed E-state index contributed by atoms with van der Waals surface area (Å²) in [5, 5.41) is 42.7. The summed E-state index contributed by atoms with van der Waals surface area (Å²) >= 11 is 0. The second-order valence-corrected chi connectivity index (χ2v) is 9.89. The molecule has 2 aromatic heterocycles. The standard InChI is InChI=1S/C31H23N5O4/c1-4-36(5-2)20-8-7-19-11-23(28(37)39-25(19)12-20)24-13-22-21-9-6-18(3)10-26(21)40-29(38)27(22)31(16-34,17-35)30(24,14-32)15-33/h6-12,24H,4-5,13H2,1-3H3. The van der Waals surface area contributed by atoms with Crippen LogP contribution in [0.5, 0.6) is 0 Å². The van der Waals surface area contributed by atoms with E-state index < -0.39 is 28.0 Å². The van der Waals surface area contributed by atoms with Crippen LogP contribution in [0.2, 0.25) is 0 Å². The normalized spacial score (nSPS) is 16.7. The predicted octanol–water partition coefficient (Wildman–Crippen LogP) is 4.71. The van der Waals surface area contributed by atoms with E-state index in [0.717, 1.165) is 24.3 Å². The fraction of sp³-hybridized carbons (Fsp3) is 0.290. The van der Waals surface area contributed by atoms with Crippen LogP contribution < -0.4 is 16.2 Å². The molecular weight excluding hydrogens is 506 g/mol. The summed E-state index contributed by atoms with van der Waals surface area (Å²) in [5.41, 5.74) is -4.56. The van der Waals surface area contributed by atoms with Gasteiger partial charge >= 0.3 is 11.3 Å². The zero-order valence-electron chi connectivity index (χ0n) is 22.1. The molecular formula is C31H23N5O4. The molecule has 0 N–H and O–H groups in total. The van der Waals surface area contributed by atoms with Crippen molar-refractivity contribution in [1.29, 1.82) is 21.0 Å². The lowest BCUT2D eigenvalue weighted by atomic mass is 9.50. The Morgan fingerprint density at radius 1 is 0.875 bits per heavy atom. The molecule has 40 heavy (non-hydrogen) atoms. The lowest BCUT2D eigenvalue weighted by molar-refractivity contribution is 0.282. The summed E-state index contributed by atoms with van der Waals surface area (Å²) in [6.07, 6.45) is -0.138. The molecule has 1 atom stereocenters. The van der Waals surface area contributed by atoms with Crippen LogP contribution in [-0.4, -0.2) is 13.1 Å². The number of hydrogen-bond acceptors (Lipinski definition) is 9. The Labute approximate surface area is 229 Å². The molecule has 9 heteroatoms. The molecule has 1 aliphatic carbocycles. The molecule has 2 heterocycles. The Morgan fingerprint density at radius 2 is 1.55 bits per heavy atom. The smallest absolute Gasteiger partial charge is 0.342 e. The lowest BCUT2D eigenvalue weighted by Gasteiger charge is -2.42. The summed E-state index contributed by atoms with van der Waals surface area (Å²) in [5.74, 6) is -1.26. The molecule has 0 amide bonds. The number of anilines is 1. The minimum atomic E-state index is -2.54. The van der Waals surface area contributed by atoms with Crippen molar-refractivity contribution in [2.45, 2.75) is 38.5 Å². The van der Waals surface area contributed by atoms with Gasteiger partial charge in [-0.1, -0.05) is 12.1 Å². The van der Waals surface area contributed by atoms with E-state index in [4.69, 9.17) is 8.83 Å². The first-order valence-corrected chi connectivity index (χ1v) is 12.8. The number of aryl methyl sites for hydroxylation is 1. The maximum Gasteiger partial charge on any atom is 0.342 e. The molecule has 0 radical (unpaired) electrons. The highest BCUT2D eigenvalue weighted by atomic mass is 16.4. The third-order valence-corrected chi connectivity index (χ3v) is 8.01. The molecule has 0 fully saturated rings. The lowest BCUT2D eigenvalue weighted by Crippen LogP contribution is -2.53. The Kier molecular flexibility index (Phi) is 6.18. The van der Waals surface area contributed by atoms with E-state index in [9.17, 15) is 30.6 Å². The van der Waals surface area contributed by atoms with Gasteiger partial charge in [0.25, 0.3) is 0 Å². The highest BCUT2D eigenvalue weighted by Gasteiger charge is 2.66. The number of fused-ring (bicyclic) bond motifs is 4. The molecule has 1 unspecified atom stereocenters. The van der Waals surface area contributed by atoms with Crippen molar-refractivity contribution >= 4 is 27.6 Å². The van der Waals surface area contributed by atoms with Gasteiger partial charge in [-0.2, -0.15) is 21.0 Å². The third kappa shape index (κ3) is 3.42. The zero-order chi connectivity index (χ0) is 28.8. The van der Waals surface area contributed by atoms with Gasteiger partial charge in [-0.05, 0) is 62.6 Å². The predicted molar refractivity (Wildman–Crippen MR) is 146 cm³/mol. The quantitative estimate of drug-likeness (QED) is 0.341. The van der Waals surface area contributed by atoms with Crippen LogP contribution >= 0.6 is 0 Å². The van der Waals surface area contributed by atoms with E-state index in [2.05, 4.69) is 4.90 Å². The van der Waals surface area contributed by atoms with Crippen molar-refractivity contribution in [3.05, 3.63) is 85.6 Å². The molecule has 0 aliphatic heterocycles. The van der Waals surface area contributed by atoms with Gasteiger partial charge in [0.05, 0.1) is 29.8 Å². The van der Waals surface area contributed by atoms with Crippen LogP contribution in [0.4, 0.5) is 5.69 Å². The van der Waals surface area contributed by atoms with Gasteiger partial charge < -0.3 is 13.7 Å². The number of hydrogen-bond donors (Lipinski definition) is 0. The molecule has 2 aromatic carbocycles. The molecule has 1 aliphatic rings. The van der Waals surface area contributed by atoms with E-state index >= 15 is 0 Å². The molecule has 5 rings (SSSR count). The fourth-order valence-corrected chi connectivity index (χ4v) is 5.93. The summed E-state index contributed by atoms with van der Waals surface area (Å²) in [7, 11) is 0. The number of nitriles is 4. The van der Waals surface area contributed by atoms with Crippen molar-refractivity contribution in [3.63, 3.8) is 0 Å². The van der Waals surface area contributed by atoms with Gasteiger partial charge in [0, 0.05) is 47.1 Å². The van der Waals surface area contributed by atoms with Crippen LogP contribution in [0.1, 0.15) is 42.0 Å². The van der Waals surface area contributed by atoms with E-state index in [1.165, 1.54) is 0 Å². The van der Waals surface area contributed by atoms with Crippen LogP contribution in [0, 0.1) is 57.7 Å². The highest BCUT2D eigenvalue weighted by Crippen LogP contribution is 2.56. The molecule has 0 saturated heterocycles. The Morgan fingerprint density at radius 3 is 2.17 bits per heavy atom. The Bertz CT molecular complexity index is 1960. The molecule has 4 aromatic rings. The van der Waals surface area contributed by atoms with Crippen molar-refractivity contribution in [3.8, 4) is 24.3 Å². The van der Waals surface area contributed by atoms with E-state index in [-0.39, 0.29) is 28.7 Å². The van der Waals surface area contributed by atoms with E-state index in [1.54, 1.807) is 36.4 Å². The molecule has 9 nitrogen and oxygen atoms in total. The van der Waals surface area contributed by atoms with Gasteiger partial charge in [-0.15, -0.1) is 0 Å². The van der Waals surface area contributed by atoms with Gasteiger partial charge in [0.15, 0.2) is 5.41 Å². The van der Waals surface area contributed by atoms with Crippen LogP contribution in [0.15, 0.2) is 60.9 Å². The summed E-state index contributed by atoms with van der Waals surface area (Å²) in [6, 6.07) is 19.5. The van der Waals surface area contributed by atoms with Crippen molar-refractivity contribution in [2.75, 3.05) is 18.0 Å². The number of nitrogens with zero attached hydrogens (tertiary/aromatic N) is 5. The van der Waals surface area contributed by atoms with Crippen molar-refractivity contribution in [1.82, 2.24) is 0 Å². The monoisotopic (exact) mass is 529 g/mol. The maximum absolute atomic E-state index is 13.5. The van der Waals surface area contributed by atoms with E-state index in [0.29, 0.717) is 16.4 Å². The van der Waals surface area contributed by atoms with Gasteiger partial charge in [-0.3, -0.25) is 0 Å². The third-order valence-electron chi connectivity index (χ3n) is 8.01. The summed E-state index contributed by atoms with van der Waals surface area (Å²) in [4.78, 5) is 28.9. The molecule has 0 saturated carbocycles. The van der Waals surface area contributed by atoms with Crippen LogP contribution in [0.3, 0.4) is 0 Å². The van der Waals surface area contributed by atoms with Crippen molar-refractivity contribution < 1.29 is 8.83 Å². The molecule has 196 valence electrons. The number of rotatable bonds is 4. The van der Waals surface area contributed by atoms with Crippen LogP contribution in [0.25, 0.3) is 21.9 Å². The first kappa shape index (κ1) is 26.2. The number of benzene rings is 2. The Hall–Kier alpha value is -5.38. The SMILES string of the molecule is CCN(CC)c1ccc2cc(C3Cc4c(c(=O)oc5cc(C)ccc45)C(C#N)(C#N)C3(C#N)C#N)c(=O)oc2c1. The topological polar surface area (TPSA) is 159 Å². The van der Waals surface area contributed by atoms with E-state index in [1.807, 2.05) is 51.1 Å². The maximum atomic E-state index is 13.5. The first-order chi connectivity index (χ1) is 19.2. The van der Waals surface area contributed by atoms with Gasteiger partial charge in [0.1, 0.15) is 11.2 Å². The average Bonchev–Trinajstić information content (AvgIpc) is 2.96. The van der Waals surface area contributed by atoms with Gasteiger partial charge in [-0.25, -0.2) is 9.59 Å². The summed E-state index contributed by atoms with van der Waals surface area (Å²) in [6.45, 7) is 7.35. The fourth-order valence-electron chi connectivity index (χ4n) is 5.93. The second-order valence-electron chi connectivity index (χ2n) is 9.89. The van der Waals surface area contributed by atoms with Crippen molar-refractivity contribution in [2.24, 2.45) is 5.41 Å². The zero-order valence-corrected chi connectivity index (χ0v) is 22.1. The second kappa shape index (κ2) is 9.42. The van der Waals surface area contributed by atoms with Gasteiger partial charge in [0.2, 0.25) is 5.41 Å². The molecule has 0 bridgehead atoms. The Balaban J connectivity index is 1.85. The molecule has 0 spiro atoms. The largest absolute Gasteiger partial charge is 0.422 e. The highest BCUT2D eigenvalue weighted by molar-refractivity contribution is 5.85.